The molecule has 0 amide bonds. The van der Waals surface area contributed by atoms with E-state index in [2.05, 4.69) is 13.8 Å². The normalized spacial score (nSPS) is 14.6. The summed E-state index contributed by atoms with van der Waals surface area (Å²) in [6.45, 7) is 6.58. The molecule has 20 heavy (non-hydrogen) atoms. The molecule has 1 aromatic rings. The average molecular weight is 286 g/mol. The number of ether oxygens (including phenoxy) is 1. The molecule has 0 aliphatic carbocycles. The minimum Gasteiger partial charge on any atom is -0.493 e. The van der Waals surface area contributed by atoms with Gasteiger partial charge in [-0.3, -0.25) is 0 Å². The van der Waals surface area contributed by atoms with Gasteiger partial charge in [-0.15, -0.1) is 0 Å². The summed E-state index contributed by atoms with van der Waals surface area (Å²) in [6.07, 6.45) is -2.09. The number of hydrogen-bond acceptors (Lipinski definition) is 2. The molecule has 0 aromatic heterocycles. The van der Waals surface area contributed by atoms with E-state index in [4.69, 9.17) is 4.74 Å². The highest BCUT2D eigenvalue weighted by atomic mass is 19.3. The zero-order chi connectivity index (χ0) is 15.2. The molecule has 0 saturated carbocycles. The molecule has 1 unspecified atom stereocenters. The Kier molecular flexibility index (Phi) is 6.40. The maximum Gasteiger partial charge on any atom is 0.241 e. The van der Waals surface area contributed by atoms with Crippen molar-refractivity contribution in [1.29, 1.82) is 0 Å². The van der Waals surface area contributed by atoms with E-state index in [0.29, 0.717) is 36.7 Å². The molecule has 0 spiro atoms. The van der Waals surface area contributed by atoms with Gasteiger partial charge in [-0.2, -0.15) is 0 Å². The topological polar surface area (TPSA) is 29.5 Å². The Morgan fingerprint density at radius 2 is 1.80 bits per heavy atom. The minimum atomic E-state index is -2.52. The highest BCUT2D eigenvalue weighted by Gasteiger charge is 2.31. The van der Waals surface area contributed by atoms with Crippen LogP contribution in [0.1, 0.15) is 45.6 Å². The van der Waals surface area contributed by atoms with Gasteiger partial charge in [0.25, 0.3) is 0 Å². The molecule has 1 N–H and O–H groups in total. The predicted octanol–water partition coefficient (Wildman–Crippen LogP) is 4.36. The van der Waals surface area contributed by atoms with E-state index in [-0.39, 0.29) is 0 Å². The summed E-state index contributed by atoms with van der Waals surface area (Å²) in [7, 11) is 0. The summed E-state index contributed by atoms with van der Waals surface area (Å²) in [5.41, 5.74) is -0.934. The summed E-state index contributed by atoms with van der Waals surface area (Å²) < 4.78 is 30.8. The number of alkyl halides is 2. The Balaban J connectivity index is 2.82. The molecule has 1 rings (SSSR count). The standard InChI is InChI=1S/C16H24F2O2/c1-4-9-16(19,10-15(17)18)13-5-7-14(8-6-13)20-11-12(2)3/h5-8,12,15,19H,4,9-11H2,1-3H3. The second-order valence-corrected chi connectivity index (χ2v) is 5.61. The number of halogens is 2. The van der Waals surface area contributed by atoms with Crippen molar-refractivity contribution < 1.29 is 18.6 Å². The first-order chi connectivity index (χ1) is 9.37. The van der Waals surface area contributed by atoms with Crippen molar-refractivity contribution in [3.8, 4) is 5.75 Å². The molecule has 0 aliphatic heterocycles. The zero-order valence-electron chi connectivity index (χ0n) is 12.4. The van der Waals surface area contributed by atoms with Crippen LogP contribution in [0.25, 0.3) is 0 Å². The van der Waals surface area contributed by atoms with Gasteiger partial charge in [0.2, 0.25) is 6.43 Å². The van der Waals surface area contributed by atoms with Crippen molar-refractivity contribution in [3.05, 3.63) is 29.8 Å². The maximum absolute atomic E-state index is 12.6. The van der Waals surface area contributed by atoms with Crippen LogP contribution < -0.4 is 4.74 Å². The van der Waals surface area contributed by atoms with Gasteiger partial charge in [-0.25, -0.2) is 8.78 Å². The lowest BCUT2D eigenvalue weighted by Crippen LogP contribution is -2.28. The molecule has 1 aromatic carbocycles. The molecule has 0 bridgehead atoms. The molecule has 0 saturated heterocycles. The monoisotopic (exact) mass is 286 g/mol. The van der Waals surface area contributed by atoms with Crippen LogP contribution in [0.2, 0.25) is 0 Å². The van der Waals surface area contributed by atoms with E-state index < -0.39 is 18.4 Å². The molecule has 0 radical (unpaired) electrons. The van der Waals surface area contributed by atoms with Gasteiger partial charge < -0.3 is 9.84 Å². The smallest absolute Gasteiger partial charge is 0.241 e. The fourth-order valence-electron chi connectivity index (χ4n) is 2.16. The lowest BCUT2D eigenvalue weighted by Gasteiger charge is -2.28. The third-order valence-corrected chi connectivity index (χ3v) is 3.13. The fourth-order valence-corrected chi connectivity index (χ4v) is 2.16. The van der Waals surface area contributed by atoms with Crippen LogP contribution >= 0.6 is 0 Å². The van der Waals surface area contributed by atoms with Gasteiger partial charge in [0.1, 0.15) is 5.75 Å². The van der Waals surface area contributed by atoms with Crippen LogP contribution in [-0.4, -0.2) is 18.1 Å². The van der Waals surface area contributed by atoms with E-state index in [9.17, 15) is 13.9 Å². The molecular weight excluding hydrogens is 262 g/mol. The highest BCUT2D eigenvalue weighted by Crippen LogP contribution is 2.33. The van der Waals surface area contributed by atoms with Crippen LogP contribution in [0.4, 0.5) is 8.78 Å². The van der Waals surface area contributed by atoms with Crippen molar-refractivity contribution in [2.75, 3.05) is 6.61 Å². The number of rotatable bonds is 8. The molecule has 0 heterocycles. The number of aliphatic hydroxyl groups is 1. The van der Waals surface area contributed by atoms with Crippen molar-refractivity contribution >= 4 is 0 Å². The molecule has 114 valence electrons. The minimum absolute atomic E-state index is 0.323. The lowest BCUT2D eigenvalue weighted by atomic mass is 9.86. The van der Waals surface area contributed by atoms with E-state index in [1.165, 1.54) is 0 Å². The number of hydrogen-bond donors (Lipinski definition) is 1. The molecule has 2 nitrogen and oxygen atoms in total. The Bertz CT molecular complexity index is 390. The second kappa shape index (κ2) is 7.58. The first kappa shape index (κ1) is 16.9. The van der Waals surface area contributed by atoms with Crippen molar-refractivity contribution in [2.45, 2.75) is 52.1 Å². The predicted molar refractivity (Wildman–Crippen MR) is 76.2 cm³/mol. The first-order valence-corrected chi connectivity index (χ1v) is 7.11. The summed E-state index contributed by atoms with van der Waals surface area (Å²) in [5, 5.41) is 10.4. The van der Waals surface area contributed by atoms with E-state index in [0.717, 1.165) is 0 Å². The van der Waals surface area contributed by atoms with Crippen LogP contribution in [0.5, 0.6) is 5.75 Å². The van der Waals surface area contributed by atoms with Crippen molar-refractivity contribution in [2.24, 2.45) is 5.92 Å². The van der Waals surface area contributed by atoms with Crippen LogP contribution in [0, 0.1) is 5.92 Å². The Morgan fingerprint density at radius 1 is 1.20 bits per heavy atom. The van der Waals surface area contributed by atoms with E-state index >= 15 is 0 Å². The summed E-state index contributed by atoms with van der Waals surface area (Å²) in [5.74, 6) is 1.11. The van der Waals surface area contributed by atoms with Gasteiger partial charge in [-0.05, 0) is 30.0 Å². The molecule has 4 heteroatoms. The third-order valence-electron chi connectivity index (χ3n) is 3.13. The summed E-state index contributed by atoms with van der Waals surface area (Å²) >= 11 is 0. The largest absolute Gasteiger partial charge is 0.493 e. The fraction of sp³-hybridized carbons (Fsp3) is 0.625. The molecule has 1 atom stereocenters. The van der Waals surface area contributed by atoms with Gasteiger partial charge in [0.15, 0.2) is 0 Å². The van der Waals surface area contributed by atoms with Crippen LogP contribution in [0.15, 0.2) is 24.3 Å². The van der Waals surface area contributed by atoms with Gasteiger partial charge >= 0.3 is 0 Å². The zero-order valence-corrected chi connectivity index (χ0v) is 12.4. The quantitative estimate of drug-likeness (QED) is 0.769. The van der Waals surface area contributed by atoms with E-state index in [1.54, 1.807) is 24.3 Å². The maximum atomic E-state index is 12.6. The number of benzene rings is 1. The Labute approximate surface area is 119 Å². The average Bonchev–Trinajstić information content (AvgIpc) is 2.36. The highest BCUT2D eigenvalue weighted by molar-refractivity contribution is 5.31. The van der Waals surface area contributed by atoms with E-state index in [1.807, 2.05) is 6.92 Å². The van der Waals surface area contributed by atoms with Gasteiger partial charge in [0.05, 0.1) is 12.2 Å². The van der Waals surface area contributed by atoms with Gasteiger partial charge in [-0.1, -0.05) is 39.3 Å². The second-order valence-electron chi connectivity index (χ2n) is 5.61. The van der Waals surface area contributed by atoms with Crippen molar-refractivity contribution in [1.82, 2.24) is 0 Å². The molecule has 0 aliphatic rings. The molecular formula is C16H24F2O2. The Hall–Kier alpha value is -1.16. The Morgan fingerprint density at radius 3 is 2.25 bits per heavy atom. The first-order valence-electron chi connectivity index (χ1n) is 7.11. The lowest BCUT2D eigenvalue weighted by molar-refractivity contribution is -0.0334. The van der Waals surface area contributed by atoms with Gasteiger partial charge in [0, 0.05) is 6.42 Å². The summed E-state index contributed by atoms with van der Waals surface area (Å²) in [6, 6.07) is 6.80. The van der Waals surface area contributed by atoms with Crippen molar-refractivity contribution in [3.63, 3.8) is 0 Å². The molecule has 0 fully saturated rings. The SMILES string of the molecule is CCCC(O)(CC(F)F)c1ccc(OCC(C)C)cc1. The van der Waals surface area contributed by atoms with Crippen LogP contribution in [0.3, 0.4) is 0 Å². The van der Waals surface area contributed by atoms with Crippen LogP contribution in [-0.2, 0) is 5.60 Å². The third kappa shape index (κ3) is 5.08. The summed E-state index contributed by atoms with van der Waals surface area (Å²) in [4.78, 5) is 0.